The monoisotopic (exact) mass is 463 g/mol. The van der Waals surface area contributed by atoms with E-state index in [0.29, 0.717) is 10.7 Å². The maximum absolute atomic E-state index is 13.4. The van der Waals surface area contributed by atoms with Crippen molar-refractivity contribution in [1.29, 1.82) is 0 Å². The van der Waals surface area contributed by atoms with Crippen molar-refractivity contribution in [2.45, 2.75) is 26.1 Å². The van der Waals surface area contributed by atoms with Crippen molar-refractivity contribution in [2.75, 3.05) is 7.11 Å². The van der Waals surface area contributed by atoms with Crippen LogP contribution in [0.2, 0.25) is 5.02 Å². The summed E-state index contributed by atoms with van der Waals surface area (Å²) in [6.07, 6.45) is -4.58. The maximum atomic E-state index is 13.4. The van der Waals surface area contributed by atoms with Crippen molar-refractivity contribution in [3.8, 4) is 17.0 Å². The lowest BCUT2D eigenvalue weighted by atomic mass is 10.0. The van der Waals surface area contributed by atoms with Gasteiger partial charge in [-0.15, -0.1) is 0 Å². The maximum Gasteiger partial charge on any atom is 0.416 e. The number of fused-ring (bicyclic) bond motifs is 1. The zero-order valence-corrected chi connectivity index (χ0v) is 18.0. The van der Waals surface area contributed by atoms with Crippen LogP contribution in [0.3, 0.4) is 0 Å². The highest BCUT2D eigenvalue weighted by atomic mass is 35.5. The van der Waals surface area contributed by atoms with E-state index >= 15 is 0 Å². The molecule has 0 aliphatic rings. The molecule has 0 amide bonds. The molecule has 1 unspecified atom stereocenters. The van der Waals surface area contributed by atoms with Crippen LogP contribution in [0.4, 0.5) is 13.2 Å². The number of nitrogens with zero attached hydrogens (tertiary/aromatic N) is 3. The van der Waals surface area contributed by atoms with Crippen LogP contribution < -0.4 is 10.3 Å². The molecule has 0 fully saturated rings. The first-order valence-corrected chi connectivity index (χ1v) is 9.89. The predicted molar refractivity (Wildman–Crippen MR) is 113 cm³/mol. The number of alkyl halides is 3. The molecule has 0 aliphatic heterocycles. The van der Waals surface area contributed by atoms with Crippen molar-refractivity contribution >= 4 is 22.6 Å². The first kappa shape index (κ1) is 21.9. The van der Waals surface area contributed by atoms with Crippen LogP contribution in [0, 0.1) is 6.92 Å². The minimum atomic E-state index is -4.58. The molecule has 0 aliphatic carbocycles. The third-order valence-electron chi connectivity index (χ3n) is 5.21. The van der Waals surface area contributed by atoms with Gasteiger partial charge >= 0.3 is 6.18 Å². The Kier molecular flexibility index (Phi) is 5.46. The fourth-order valence-corrected chi connectivity index (χ4v) is 3.61. The van der Waals surface area contributed by atoms with Gasteiger partial charge in [0.05, 0.1) is 24.4 Å². The van der Waals surface area contributed by atoms with Gasteiger partial charge in [-0.3, -0.25) is 4.79 Å². The second-order valence-corrected chi connectivity index (χ2v) is 7.65. The third-order valence-corrected chi connectivity index (χ3v) is 5.46. The van der Waals surface area contributed by atoms with Gasteiger partial charge in [-0.25, -0.2) is 4.68 Å². The molecule has 2 aromatic carbocycles. The van der Waals surface area contributed by atoms with Crippen molar-refractivity contribution in [3.05, 3.63) is 74.7 Å². The molecule has 6 nitrogen and oxygen atoms in total. The van der Waals surface area contributed by atoms with Gasteiger partial charge in [-0.1, -0.05) is 28.9 Å². The molecule has 4 rings (SSSR count). The largest absolute Gasteiger partial charge is 0.496 e. The fourth-order valence-electron chi connectivity index (χ4n) is 3.49. The zero-order chi connectivity index (χ0) is 23.2. The summed E-state index contributed by atoms with van der Waals surface area (Å²) in [5.74, 6) is 0.144. The van der Waals surface area contributed by atoms with Gasteiger partial charge in [-0.2, -0.15) is 18.3 Å². The molecule has 166 valence electrons. The molecule has 10 heteroatoms. The lowest BCUT2D eigenvalue weighted by Gasteiger charge is -2.17. The van der Waals surface area contributed by atoms with Crippen LogP contribution >= 0.6 is 11.6 Å². The van der Waals surface area contributed by atoms with E-state index in [1.807, 2.05) is 0 Å². The Morgan fingerprint density at radius 2 is 1.84 bits per heavy atom. The first-order chi connectivity index (χ1) is 15.1. The molecule has 0 saturated heterocycles. The average Bonchev–Trinajstić information content (AvgIpc) is 3.15. The molecule has 0 spiro atoms. The number of hydrogen-bond acceptors (Lipinski definition) is 5. The molecule has 2 aromatic heterocycles. The van der Waals surface area contributed by atoms with Crippen LogP contribution in [0.25, 0.3) is 22.2 Å². The van der Waals surface area contributed by atoms with Gasteiger partial charge in [0.1, 0.15) is 16.8 Å². The molecule has 0 N–H and O–H groups in total. The lowest BCUT2D eigenvalue weighted by Crippen LogP contribution is -2.27. The van der Waals surface area contributed by atoms with E-state index in [-0.39, 0.29) is 28.0 Å². The number of methoxy groups -OCH3 is 1. The van der Waals surface area contributed by atoms with E-state index in [1.54, 1.807) is 38.1 Å². The summed E-state index contributed by atoms with van der Waals surface area (Å²) in [4.78, 5) is 13.2. The summed E-state index contributed by atoms with van der Waals surface area (Å²) in [5.41, 5.74) is -0.288. The number of rotatable bonds is 4. The average molecular weight is 464 g/mol. The number of aromatic nitrogens is 3. The summed E-state index contributed by atoms with van der Waals surface area (Å²) in [6.45, 7) is 3.33. The number of halogens is 4. The first-order valence-electron chi connectivity index (χ1n) is 9.51. The highest BCUT2D eigenvalue weighted by Gasteiger charge is 2.32. The molecular weight excluding hydrogens is 447 g/mol. The predicted octanol–water partition coefficient (Wildman–Crippen LogP) is 5.65. The van der Waals surface area contributed by atoms with Crippen molar-refractivity contribution in [2.24, 2.45) is 0 Å². The lowest BCUT2D eigenvalue weighted by molar-refractivity contribution is -0.137. The van der Waals surface area contributed by atoms with E-state index in [0.717, 1.165) is 17.7 Å². The minimum Gasteiger partial charge on any atom is -0.496 e. The second-order valence-electron chi connectivity index (χ2n) is 7.21. The van der Waals surface area contributed by atoms with Crippen LogP contribution in [0.5, 0.6) is 5.75 Å². The Morgan fingerprint density at radius 3 is 2.47 bits per heavy atom. The van der Waals surface area contributed by atoms with Crippen LogP contribution in [0.1, 0.15) is 29.8 Å². The van der Waals surface area contributed by atoms with E-state index in [4.69, 9.17) is 20.9 Å². The van der Waals surface area contributed by atoms with E-state index < -0.39 is 23.3 Å². The number of ether oxygens (including phenoxy) is 1. The van der Waals surface area contributed by atoms with Crippen molar-refractivity contribution in [1.82, 2.24) is 14.9 Å². The van der Waals surface area contributed by atoms with E-state index in [9.17, 15) is 18.0 Å². The summed E-state index contributed by atoms with van der Waals surface area (Å²) >= 11 is 5.96. The standard InChI is InChI=1S/C22H17ClF3N3O3/c1-11-18-20(32-28-11)19(16-10-14(22(24,25)26)6-9-17(16)31-3)27-29(21(18)30)12(2)13-4-7-15(23)8-5-13/h4-10,12H,1-3H3. The quantitative estimate of drug-likeness (QED) is 0.391. The topological polar surface area (TPSA) is 70.2 Å². The normalized spacial score (nSPS) is 12.8. The summed E-state index contributed by atoms with van der Waals surface area (Å²) in [6, 6.07) is 9.34. The summed E-state index contributed by atoms with van der Waals surface area (Å²) in [5, 5.41) is 8.91. The molecule has 1 atom stereocenters. The third kappa shape index (κ3) is 3.73. The Bertz CT molecular complexity index is 1360. The molecule has 0 saturated carbocycles. The molecule has 0 bridgehead atoms. The van der Waals surface area contributed by atoms with Crippen molar-refractivity contribution < 1.29 is 22.4 Å². The van der Waals surface area contributed by atoms with E-state index in [2.05, 4.69) is 10.3 Å². The molecule has 32 heavy (non-hydrogen) atoms. The van der Waals surface area contributed by atoms with Gasteiger partial charge in [0, 0.05) is 10.6 Å². The second kappa shape index (κ2) is 7.98. The Hall–Kier alpha value is -3.33. The number of aryl methyl sites for hydroxylation is 1. The number of benzene rings is 2. The van der Waals surface area contributed by atoms with Gasteiger partial charge < -0.3 is 9.26 Å². The minimum absolute atomic E-state index is 0.00955. The SMILES string of the molecule is COc1ccc(C(F)(F)F)cc1-c1nn(C(C)c2ccc(Cl)cc2)c(=O)c2c(C)noc12. The van der Waals surface area contributed by atoms with Crippen molar-refractivity contribution in [3.63, 3.8) is 0 Å². The van der Waals surface area contributed by atoms with Crippen LogP contribution in [-0.4, -0.2) is 22.0 Å². The van der Waals surface area contributed by atoms with Gasteiger partial charge in [0.25, 0.3) is 5.56 Å². The summed E-state index contributed by atoms with van der Waals surface area (Å²) in [7, 11) is 1.33. The smallest absolute Gasteiger partial charge is 0.416 e. The Labute approximate surface area is 185 Å². The van der Waals surface area contributed by atoms with E-state index in [1.165, 1.54) is 17.9 Å². The van der Waals surface area contributed by atoms with Crippen LogP contribution in [-0.2, 0) is 6.18 Å². The molecular formula is C22H17ClF3N3O3. The van der Waals surface area contributed by atoms with Gasteiger partial charge in [0.15, 0.2) is 0 Å². The van der Waals surface area contributed by atoms with Gasteiger partial charge in [0.2, 0.25) is 5.58 Å². The number of hydrogen-bond donors (Lipinski definition) is 0. The highest BCUT2D eigenvalue weighted by molar-refractivity contribution is 6.30. The molecule has 0 radical (unpaired) electrons. The zero-order valence-electron chi connectivity index (χ0n) is 17.2. The fraction of sp³-hybridized carbons (Fsp3) is 0.227. The molecule has 2 heterocycles. The molecule has 4 aromatic rings. The summed E-state index contributed by atoms with van der Waals surface area (Å²) < 4.78 is 52.0. The van der Waals surface area contributed by atoms with Gasteiger partial charge in [-0.05, 0) is 49.7 Å². The highest BCUT2D eigenvalue weighted by Crippen LogP contribution is 2.39. The Balaban J connectivity index is 2.02. The van der Waals surface area contributed by atoms with Crippen LogP contribution in [0.15, 0.2) is 51.8 Å². The Morgan fingerprint density at radius 1 is 1.16 bits per heavy atom.